The van der Waals surface area contributed by atoms with Crippen LogP contribution in [-0.4, -0.2) is 215 Å². The number of halogens is 13. The summed E-state index contributed by atoms with van der Waals surface area (Å²) in [5.74, 6) is 2.02. The molecule has 38 nitrogen and oxygen atoms in total. The first-order valence-corrected chi connectivity index (χ1v) is 44.5. The fourth-order valence-electron chi connectivity index (χ4n) is 11.1. The molecular formula is C86H99BrF12N30O8P2+2. The molecular weight excluding hydrogens is 1950 g/mol. The number of aromatic amines is 1. The number of rotatable bonds is 21. The molecule has 11 aromatic heterocycles. The molecule has 0 aliphatic carbocycles. The number of alkyl halides is 1. The van der Waals surface area contributed by atoms with Gasteiger partial charge in [0.15, 0.2) is 5.82 Å². The molecule has 0 saturated heterocycles. The van der Waals surface area contributed by atoms with E-state index in [2.05, 4.69) is 102 Å². The summed E-state index contributed by atoms with van der Waals surface area (Å²) in [6.07, 6.45) is 25.3. The molecule has 0 fully saturated rings. The summed E-state index contributed by atoms with van der Waals surface area (Å²) in [6.45, 7) is 5.52. The third-order valence-electron chi connectivity index (χ3n) is 16.7. The average Bonchev–Trinajstić information content (AvgIpc) is 1.82. The third kappa shape index (κ3) is 43.6. The molecule has 0 atom stereocenters. The average molecular weight is 2050 g/mol. The molecule has 0 aliphatic heterocycles. The number of carbonyl (C=O) groups excluding carboxylic acids is 1. The SMILES string of the molecule is CC(=O)[O-].CN(C)/C=C(/C=[N+](C)C)NC=[N+](C)C.CN(C)C=Nc1cnc(-c2cccc(Cn3nc(-c4cnn(C)c4)ccc3=O)c2)nc1.Cc1nc(-c2cccc(CBr)c2)no1.Cc1nc(-c2cccc(Cn3nc(-c4cnn(C)c4)ccc3=O)c2)no1.Cn1cc(-c2ccc(=O)[nH]n2)cn1.Cn1cc(-c2ccc(=O)n(Cc3cccc(C(N)=[NH2+])c3)n2)cn1.F.F.FP(F)(F)(F)F.FP(F)(F)(F)F. The van der Waals surface area contributed by atoms with Gasteiger partial charge in [-0.15, -0.1) is 0 Å². The first-order chi connectivity index (χ1) is 64.2. The Labute approximate surface area is 794 Å². The number of aromatic nitrogens is 22. The summed E-state index contributed by atoms with van der Waals surface area (Å²) >= 11 is 3.41. The van der Waals surface area contributed by atoms with Gasteiger partial charge in [-0.2, -0.15) is 50.8 Å². The van der Waals surface area contributed by atoms with Crippen LogP contribution in [0.1, 0.15) is 46.5 Å². The minimum absolute atomic E-state index is 0. The van der Waals surface area contributed by atoms with Gasteiger partial charge < -0.3 is 28.7 Å². The summed E-state index contributed by atoms with van der Waals surface area (Å²) < 4.78 is 123. The van der Waals surface area contributed by atoms with Crippen molar-refractivity contribution in [2.45, 2.75) is 45.7 Å². The van der Waals surface area contributed by atoms with E-state index in [0.29, 0.717) is 77.4 Å². The quantitative estimate of drug-likeness (QED) is 0.0130. The van der Waals surface area contributed by atoms with Crippen LogP contribution in [0, 0.1) is 13.8 Å². The number of hydrogen-bond acceptors (Lipinski definition) is 24. The van der Waals surface area contributed by atoms with E-state index in [9.17, 15) is 61.1 Å². The Balaban J connectivity index is 0.000000291. The van der Waals surface area contributed by atoms with Crippen molar-refractivity contribution in [3.8, 4) is 79.2 Å². The number of carbonyl (C=O) groups is 1. The van der Waals surface area contributed by atoms with E-state index in [-0.39, 0.29) is 37.5 Å². The molecule has 53 heteroatoms. The van der Waals surface area contributed by atoms with Crippen LogP contribution in [0.4, 0.5) is 57.1 Å². The van der Waals surface area contributed by atoms with Gasteiger partial charge >= 0.3 is 58.3 Å². The van der Waals surface area contributed by atoms with Gasteiger partial charge in [0.25, 0.3) is 28.1 Å². The Morgan fingerprint density at radius 3 is 1.19 bits per heavy atom. The number of aliphatic imine (C=N–C) groups is 1. The van der Waals surface area contributed by atoms with E-state index < -0.39 is 22.3 Å². The summed E-state index contributed by atoms with van der Waals surface area (Å²) in [6, 6.07) is 43.6. The van der Waals surface area contributed by atoms with Gasteiger partial charge in [-0.25, -0.2) is 44.0 Å². The Bertz CT molecular complexity index is 6850. The van der Waals surface area contributed by atoms with Crippen LogP contribution in [0.2, 0.25) is 0 Å². The number of carboxylic acid groups (broad SMARTS) is 1. The van der Waals surface area contributed by atoms with E-state index in [1.54, 1.807) is 100 Å². The van der Waals surface area contributed by atoms with Crippen molar-refractivity contribution in [2.75, 3.05) is 56.4 Å². The number of nitrogens with one attached hydrogen (secondary N) is 2. The molecule has 0 bridgehead atoms. The van der Waals surface area contributed by atoms with E-state index in [0.717, 1.165) is 79.1 Å². The number of benzene rings is 4. The second-order valence-corrected chi connectivity index (χ2v) is 33.0. The number of aliphatic carboxylic acids is 1. The van der Waals surface area contributed by atoms with Crippen molar-refractivity contribution >= 4 is 68.6 Å². The van der Waals surface area contributed by atoms with Crippen LogP contribution in [-0.2, 0) is 57.9 Å². The van der Waals surface area contributed by atoms with Crippen molar-refractivity contribution in [3.63, 3.8) is 0 Å². The molecule has 15 aromatic rings. The standard InChI is InChI=1S/C22H22N8O.C18H16N6O2.C16H16N6O.C10H9BrN2O.C10H21N4.C8H8N4O.C2H4O2.2F5P.2FH/c1-28(2)15-25-19-11-23-22(24-12-19)17-6-4-5-16(9-17)13-30-21(31)8-7-20(27-30)18-10-26-29(3)14-18;1-12-20-18(22-26-12)14-5-3-4-13(8-14)10-24-17(25)7-6-16(21-24)15-9-19-23(2)11-15;1-21-10-13(8-19-21)14-5-6-15(23)22(20-14)9-11-3-2-4-12(7-11)16(17)18;1-7-12-10(13-14-7)9-4-2-3-8(5-9)6-11;1-12(2)7-10(8-13(3)4)11-9-14(5)6;1-12-5-6(4-9-12)7-2-3-8(13)11-10-7;1-2(3)4;2*1-6(2,3,4)5;;/h4-12,14-15H,13H2,1-3H3;3-9,11H,10H2,1-2H3;2-8,10H,9H2,1H3,(H3,17,18);2-5H,6H2,1H3;7-9H,1-6H3;2-5H,1H3,(H,11,13);1H3,(H,3,4);;;2*1H/q;;;;+1;;;;;;/p+1. The topological polar surface area (TPSA) is 454 Å². The number of nitrogens with zero attached hydrogens (tertiary/aromatic N) is 26. The molecule has 15 rings (SSSR count). The van der Waals surface area contributed by atoms with Crippen LogP contribution < -0.4 is 43.8 Å². The Hall–Kier alpha value is -15.8. The van der Waals surface area contributed by atoms with Crippen molar-refractivity contribution < 1.29 is 84.9 Å². The van der Waals surface area contributed by atoms with E-state index in [1.807, 2.05) is 244 Å². The molecule has 0 unspecified atom stereocenters. The minimum atomic E-state index is -8.55. The van der Waals surface area contributed by atoms with Gasteiger partial charge in [-0.3, -0.25) is 63.0 Å². The molecule has 4 aromatic carbocycles. The predicted octanol–water partition coefficient (Wildman–Crippen LogP) is 11.3. The zero-order valence-corrected chi connectivity index (χ0v) is 80.6. The van der Waals surface area contributed by atoms with E-state index in [4.69, 9.17) is 30.1 Å². The van der Waals surface area contributed by atoms with Gasteiger partial charge in [0.05, 0.1) is 112 Å². The van der Waals surface area contributed by atoms with Crippen molar-refractivity contribution in [1.82, 2.24) is 124 Å². The molecule has 139 heavy (non-hydrogen) atoms. The van der Waals surface area contributed by atoms with Crippen molar-refractivity contribution in [3.05, 3.63) is 300 Å². The second-order valence-electron chi connectivity index (χ2n) is 29.8. The maximum absolute atomic E-state index is 12.4. The van der Waals surface area contributed by atoms with Crippen molar-refractivity contribution in [1.29, 1.82) is 0 Å². The summed E-state index contributed by atoms with van der Waals surface area (Å²) in [5, 5.41) is 62.4. The van der Waals surface area contributed by atoms with Crippen molar-refractivity contribution in [2.24, 2.45) is 38.9 Å². The van der Waals surface area contributed by atoms with E-state index >= 15 is 0 Å². The van der Waals surface area contributed by atoms with Gasteiger partial charge in [-0.1, -0.05) is 93.0 Å². The Kier molecular flexibility index (Phi) is 42.8. The molecule has 0 radical (unpaired) electrons. The molecule has 11 heterocycles. The third-order valence-corrected chi connectivity index (χ3v) is 17.3. The second kappa shape index (κ2) is 52.3. The number of aryl methyl sites for hydroxylation is 6. The molecule has 6 N–H and O–H groups in total. The van der Waals surface area contributed by atoms with Crippen LogP contribution >= 0.6 is 32.2 Å². The molecule has 0 spiro atoms. The monoisotopic (exact) mass is 2050 g/mol. The fourth-order valence-corrected chi connectivity index (χ4v) is 11.4. The number of nitrogens with two attached hydrogens (primary N) is 2. The van der Waals surface area contributed by atoms with Gasteiger partial charge in [0.2, 0.25) is 41.7 Å². The molecule has 740 valence electrons. The first-order valence-electron chi connectivity index (χ1n) is 40.0. The Morgan fingerprint density at radius 1 is 0.518 bits per heavy atom. The zero-order valence-electron chi connectivity index (χ0n) is 77.2. The summed E-state index contributed by atoms with van der Waals surface area (Å²) in [7, 11) is 6.01. The first kappa shape index (κ1) is 114. The predicted molar refractivity (Wildman–Crippen MR) is 506 cm³/mol. The normalized spacial score (nSPS) is 11.2. The van der Waals surface area contributed by atoms with Gasteiger partial charge in [0, 0.05) is 170 Å². The fraction of sp³-hybridized carbons (Fsp3) is 0.221. The molecule has 0 aliphatic rings. The van der Waals surface area contributed by atoms with E-state index in [1.165, 1.54) is 43.9 Å². The number of allylic oxidation sites excluding steroid dienone is 1. The maximum atomic E-state index is 12.4. The Morgan fingerprint density at radius 2 is 0.871 bits per heavy atom. The molecule has 0 saturated carbocycles. The van der Waals surface area contributed by atoms with Crippen LogP contribution in [0.25, 0.3) is 79.2 Å². The number of amidine groups is 1. The van der Waals surface area contributed by atoms with Crippen LogP contribution in [0.3, 0.4) is 0 Å². The molecule has 0 amide bonds. The number of carboxylic acids is 1. The number of hydrogen-bond donors (Lipinski definition) is 4. The van der Waals surface area contributed by atoms with Crippen LogP contribution in [0.15, 0.2) is 253 Å². The summed E-state index contributed by atoms with van der Waals surface area (Å²) in [4.78, 5) is 81.6. The summed E-state index contributed by atoms with van der Waals surface area (Å²) in [5.41, 5.74) is 20.2. The number of H-pyrrole nitrogens is 1. The zero-order chi connectivity index (χ0) is 101. The van der Waals surface area contributed by atoms with Gasteiger partial charge in [0.1, 0.15) is 19.8 Å². The van der Waals surface area contributed by atoms with Gasteiger partial charge in [-0.05, 0) is 83.8 Å². The van der Waals surface area contributed by atoms with Crippen LogP contribution in [0.5, 0.6) is 0 Å².